The van der Waals surface area contributed by atoms with Gasteiger partial charge >= 0.3 is 5.97 Å². The molecule has 1 aromatic carbocycles. The van der Waals surface area contributed by atoms with Crippen LogP contribution < -0.4 is 0 Å². The van der Waals surface area contributed by atoms with Gasteiger partial charge in [-0.25, -0.2) is 4.79 Å². The van der Waals surface area contributed by atoms with Gasteiger partial charge in [0, 0.05) is 18.6 Å². The molecule has 19 heavy (non-hydrogen) atoms. The standard InChI is InChI=1S/C16H21NO2/c1-5-6-7-12-9-17(4)15-10(2)8-13(16(18)19)11(3)14(12)15/h8-9H,5-7H2,1-4H3,(H,18,19). The monoisotopic (exact) mass is 259 g/mol. The summed E-state index contributed by atoms with van der Waals surface area (Å²) < 4.78 is 2.12. The number of aromatic carboxylic acids is 1. The van der Waals surface area contributed by atoms with Gasteiger partial charge < -0.3 is 9.67 Å². The number of carboxylic acids is 1. The minimum absolute atomic E-state index is 0.425. The lowest BCUT2D eigenvalue weighted by Crippen LogP contribution is -2.02. The maximum atomic E-state index is 11.3. The second-order valence-corrected chi connectivity index (χ2v) is 5.26. The zero-order valence-corrected chi connectivity index (χ0v) is 12.1. The van der Waals surface area contributed by atoms with Crippen LogP contribution in [0.3, 0.4) is 0 Å². The van der Waals surface area contributed by atoms with Crippen molar-refractivity contribution in [1.82, 2.24) is 4.57 Å². The van der Waals surface area contributed by atoms with Crippen molar-refractivity contribution in [2.45, 2.75) is 40.0 Å². The van der Waals surface area contributed by atoms with Gasteiger partial charge in [-0.2, -0.15) is 0 Å². The van der Waals surface area contributed by atoms with Gasteiger partial charge in [0.25, 0.3) is 0 Å². The fourth-order valence-electron chi connectivity index (χ4n) is 2.89. The Morgan fingerprint density at radius 2 is 2.05 bits per heavy atom. The number of hydrogen-bond donors (Lipinski definition) is 1. The highest BCUT2D eigenvalue weighted by molar-refractivity contribution is 5.99. The molecule has 0 aliphatic heterocycles. The summed E-state index contributed by atoms with van der Waals surface area (Å²) in [5.74, 6) is -0.840. The summed E-state index contributed by atoms with van der Waals surface area (Å²) in [5.41, 5.74) is 4.77. The van der Waals surface area contributed by atoms with E-state index in [4.69, 9.17) is 0 Å². The smallest absolute Gasteiger partial charge is 0.335 e. The van der Waals surface area contributed by atoms with Crippen molar-refractivity contribution >= 4 is 16.9 Å². The quantitative estimate of drug-likeness (QED) is 0.906. The van der Waals surface area contributed by atoms with Crippen LogP contribution in [0.1, 0.15) is 46.8 Å². The first-order chi connectivity index (χ1) is 8.97. The second kappa shape index (κ2) is 5.08. The third kappa shape index (κ3) is 2.25. The molecule has 0 fully saturated rings. The summed E-state index contributed by atoms with van der Waals surface area (Å²) in [6.45, 7) is 6.07. The fourth-order valence-corrected chi connectivity index (χ4v) is 2.89. The first kappa shape index (κ1) is 13.7. The Kier molecular flexibility index (Phi) is 3.65. The summed E-state index contributed by atoms with van der Waals surface area (Å²) in [6.07, 6.45) is 5.44. The molecule has 0 atom stereocenters. The zero-order valence-electron chi connectivity index (χ0n) is 12.1. The molecule has 0 unspecified atom stereocenters. The van der Waals surface area contributed by atoms with Crippen LogP contribution in [-0.2, 0) is 13.5 Å². The van der Waals surface area contributed by atoms with Crippen LogP contribution in [-0.4, -0.2) is 15.6 Å². The van der Waals surface area contributed by atoms with E-state index in [-0.39, 0.29) is 0 Å². The fraction of sp³-hybridized carbons (Fsp3) is 0.438. The Balaban J connectivity index is 2.75. The normalized spacial score (nSPS) is 11.2. The van der Waals surface area contributed by atoms with Crippen LogP contribution >= 0.6 is 0 Å². The minimum Gasteiger partial charge on any atom is -0.478 e. The molecule has 0 amide bonds. The third-order valence-corrected chi connectivity index (χ3v) is 3.80. The van der Waals surface area contributed by atoms with Crippen molar-refractivity contribution in [2.24, 2.45) is 7.05 Å². The molecule has 3 nitrogen and oxygen atoms in total. The van der Waals surface area contributed by atoms with Crippen LogP contribution in [0.25, 0.3) is 10.9 Å². The number of benzene rings is 1. The predicted molar refractivity (Wildman–Crippen MR) is 78.0 cm³/mol. The first-order valence-electron chi connectivity index (χ1n) is 6.78. The Hall–Kier alpha value is -1.77. The molecule has 0 aliphatic rings. The molecule has 1 aromatic heterocycles. The van der Waals surface area contributed by atoms with Crippen molar-refractivity contribution in [3.05, 3.63) is 34.5 Å². The van der Waals surface area contributed by atoms with Crippen LogP contribution in [0.4, 0.5) is 0 Å². The molecule has 2 aromatic rings. The topological polar surface area (TPSA) is 42.2 Å². The molecular weight excluding hydrogens is 238 g/mol. The number of aromatic nitrogens is 1. The number of unbranched alkanes of at least 4 members (excludes halogenated alkanes) is 1. The van der Waals surface area contributed by atoms with Crippen LogP contribution in [0.2, 0.25) is 0 Å². The average Bonchev–Trinajstić information content (AvgIpc) is 2.68. The lowest BCUT2D eigenvalue weighted by atomic mass is 9.96. The first-order valence-corrected chi connectivity index (χ1v) is 6.78. The average molecular weight is 259 g/mol. The summed E-state index contributed by atoms with van der Waals surface area (Å²) in [6, 6.07) is 1.78. The Morgan fingerprint density at radius 3 is 2.63 bits per heavy atom. The third-order valence-electron chi connectivity index (χ3n) is 3.80. The molecule has 1 heterocycles. The van der Waals surface area contributed by atoms with E-state index in [0.29, 0.717) is 5.56 Å². The van der Waals surface area contributed by atoms with Crippen molar-refractivity contribution in [1.29, 1.82) is 0 Å². The molecule has 102 valence electrons. The molecule has 0 radical (unpaired) electrons. The van der Waals surface area contributed by atoms with E-state index in [1.165, 1.54) is 5.56 Å². The molecule has 0 saturated carbocycles. The number of aryl methyl sites for hydroxylation is 4. The SMILES string of the molecule is CCCCc1cn(C)c2c(C)cc(C(=O)O)c(C)c12. The van der Waals surface area contributed by atoms with Gasteiger partial charge in [0.15, 0.2) is 0 Å². The largest absolute Gasteiger partial charge is 0.478 e. The summed E-state index contributed by atoms with van der Waals surface area (Å²) in [7, 11) is 2.03. The molecule has 0 aliphatic carbocycles. The second-order valence-electron chi connectivity index (χ2n) is 5.26. The van der Waals surface area contributed by atoms with Crippen LogP contribution in [0.15, 0.2) is 12.3 Å². The molecule has 0 spiro atoms. The van der Waals surface area contributed by atoms with E-state index < -0.39 is 5.97 Å². The number of nitrogens with zero attached hydrogens (tertiary/aromatic N) is 1. The van der Waals surface area contributed by atoms with Crippen molar-refractivity contribution in [2.75, 3.05) is 0 Å². The van der Waals surface area contributed by atoms with Gasteiger partial charge in [-0.1, -0.05) is 13.3 Å². The molecule has 0 saturated heterocycles. The maximum Gasteiger partial charge on any atom is 0.335 e. The van der Waals surface area contributed by atoms with Gasteiger partial charge in [-0.3, -0.25) is 0 Å². The van der Waals surface area contributed by atoms with Gasteiger partial charge in [0.2, 0.25) is 0 Å². The van der Waals surface area contributed by atoms with E-state index in [9.17, 15) is 9.90 Å². The number of hydrogen-bond acceptors (Lipinski definition) is 1. The summed E-state index contributed by atoms with van der Waals surface area (Å²) in [5, 5.41) is 10.4. The summed E-state index contributed by atoms with van der Waals surface area (Å²) in [4.78, 5) is 11.3. The Labute approximate surface area is 113 Å². The van der Waals surface area contributed by atoms with Crippen LogP contribution in [0, 0.1) is 13.8 Å². The van der Waals surface area contributed by atoms with Gasteiger partial charge in [-0.15, -0.1) is 0 Å². The lowest BCUT2D eigenvalue weighted by molar-refractivity contribution is 0.0696. The van der Waals surface area contributed by atoms with E-state index >= 15 is 0 Å². The minimum atomic E-state index is -0.840. The number of carbonyl (C=O) groups is 1. The van der Waals surface area contributed by atoms with E-state index in [0.717, 1.165) is 41.3 Å². The predicted octanol–water partition coefficient (Wildman–Crippen LogP) is 3.84. The van der Waals surface area contributed by atoms with E-state index in [1.807, 2.05) is 20.9 Å². The van der Waals surface area contributed by atoms with Crippen molar-refractivity contribution < 1.29 is 9.90 Å². The molecular formula is C16H21NO2. The van der Waals surface area contributed by atoms with Crippen molar-refractivity contribution in [3.8, 4) is 0 Å². The number of fused-ring (bicyclic) bond motifs is 1. The van der Waals surface area contributed by atoms with Crippen LogP contribution in [0.5, 0.6) is 0 Å². The summed E-state index contributed by atoms with van der Waals surface area (Å²) >= 11 is 0. The maximum absolute atomic E-state index is 11.3. The molecule has 0 bridgehead atoms. The highest BCUT2D eigenvalue weighted by atomic mass is 16.4. The van der Waals surface area contributed by atoms with E-state index in [2.05, 4.69) is 17.7 Å². The molecule has 2 rings (SSSR count). The van der Waals surface area contributed by atoms with Gasteiger partial charge in [0.05, 0.1) is 11.1 Å². The van der Waals surface area contributed by atoms with Gasteiger partial charge in [-0.05, 0) is 49.4 Å². The Bertz CT molecular complexity index is 638. The van der Waals surface area contributed by atoms with E-state index in [1.54, 1.807) is 6.07 Å². The molecule has 3 heteroatoms. The number of carboxylic acid groups (broad SMARTS) is 1. The van der Waals surface area contributed by atoms with Crippen molar-refractivity contribution in [3.63, 3.8) is 0 Å². The Morgan fingerprint density at radius 1 is 1.37 bits per heavy atom. The number of rotatable bonds is 4. The highest BCUT2D eigenvalue weighted by Gasteiger charge is 2.17. The molecule has 1 N–H and O–H groups in total. The van der Waals surface area contributed by atoms with Gasteiger partial charge in [0.1, 0.15) is 0 Å². The zero-order chi connectivity index (χ0) is 14.2. The highest BCUT2D eigenvalue weighted by Crippen LogP contribution is 2.30. The lowest BCUT2D eigenvalue weighted by Gasteiger charge is -2.09.